The van der Waals surface area contributed by atoms with Crippen molar-refractivity contribution < 1.29 is 0 Å². The minimum absolute atomic E-state index is 0.685. The maximum atomic E-state index is 4.40. The Labute approximate surface area is 152 Å². The molecule has 0 saturated heterocycles. The summed E-state index contributed by atoms with van der Waals surface area (Å²) in [6, 6.07) is 17.5. The molecule has 1 aromatic heterocycles. The fraction of sp³-hybridized carbons (Fsp3) is 0.0588. The van der Waals surface area contributed by atoms with Crippen LogP contribution in [0.5, 0.6) is 0 Å². The molecule has 0 saturated carbocycles. The Morgan fingerprint density at radius 2 is 1.79 bits per heavy atom. The summed E-state index contributed by atoms with van der Waals surface area (Å²) in [5.74, 6) is 0. The number of hydrazone groups is 1. The molecule has 120 valence electrons. The van der Waals surface area contributed by atoms with Crippen molar-refractivity contribution >= 4 is 49.3 Å². The lowest BCUT2D eigenvalue weighted by Crippen LogP contribution is -1.89. The molecule has 0 aliphatic carbocycles. The maximum Gasteiger partial charge on any atom is 0.205 e. The van der Waals surface area contributed by atoms with E-state index in [0.29, 0.717) is 5.13 Å². The zero-order chi connectivity index (χ0) is 16.8. The Morgan fingerprint density at radius 3 is 2.54 bits per heavy atom. The molecule has 0 aliphatic heterocycles. The van der Waals surface area contributed by atoms with E-state index in [1.54, 1.807) is 6.21 Å². The molecule has 5 nitrogen and oxygen atoms in total. The molecular formula is C17H14BrN5S. The number of hydrogen-bond acceptors (Lipinski definition) is 6. The molecular weight excluding hydrogens is 386 g/mol. The summed E-state index contributed by atoms with van der Waals surface area (Å²) in [6.07, 6.45) is 1.75. The van der Waals surface area contributed by atoms with Gasteiger partial charge in [-0.1, -0.05) is 57.6 Å². The average molecular weight is 400 g/mol. The molecule has 24 heavy (non-hydrogen) atoms. The number of halogens is 1. The fourth-order valence-electron chi connectivity index (χ4n) is 1.84. The second-order valence-electron chi connectivity index (χ2n) is 4.87. The third kappa shape index (κ3) is 4.56. The number of anilines is 1. The SMILES string of the molecule is Cc1nc(N/N=C/c2ccccc2)sc1N=Nc1ccc(Br)cc1. The van der Waals surface area contributed by atoms with Gasteiger partial charge in [0.2, 0.25) is 5.13 Å². The lowest BCUT2D eigenvalue weighted by molar-refractivity contribution is 1.18. The van der Waals surface area contributed by atoms with Crippen molar-refractivity contribution in [2.45, 2.75) is 6.92 Å². The Bertz CT molecular complexity index is 856. The molecule has 0 bridgehead atoms. The van der Waals surface area contributed by atoms with Crippen LogP contribution in [0.3, 0.4) is 0 Å². The third-order valence-electron chi connectivity index (χ3n) is 3.03. The Kier molecular flexibility index (Phi) is 5.45. The summed E-state index contributed by atoms with van der Waals surface area (Å²) >= 11 is 4.81. The van der Waals surface area contributed by atoms with Crippen LogP contribution in [-0.4, -0.2) is 11.2 Å². The molecule has 2 aromatic carbocycles. The number of benzene rings is 2. The van der Waals surface area contributed by atoms with E-state index in [2.05, 4.69) is 41.7 Å². The highest BCUT2D eigenvalue weighted by Gasteiger charge is 2.06. The van der Waals surface area contributed by atoms with Crippen LogP contribution in [0.1, 0.15) is 11.3 Å². The van der Waals surface area contributed by atoms with Crippen LogP contribution in [0, 0.1) is 6.92 Å². The Hall–Kier alpha value is -2.38. The van der Waals surface area contributed by atoms with Crippen LogP contribution < -0.4 is 5.43 Å². The van der Waals surface area contributed by atoms with Crippen molar-refractivity contribution in [3.05, 3.63) is 70.3 Å². The second kappa shape index (κ2) is 7.94. The summed E-state index contributed by atoms with van der Waals surface area (Å²) in [5.41, 5.74) is 5.56. The van der Waals surface area contributed by atoms with E-state index in [4.69, 9.17) is 0 Å². The van der Waals surface area contributed by atoms with Gasteiger partial charge in [0.15, 0.2) is 5.00 Å². The summed E-state index contributed by atoms with van der Waals surface area (Å²) in [7, 11) is 0. The number of azo groups is 1. The van der Waals surface area contributed by atoms with E-state index in [9.17, 15) is 0 Å². The van der Waals surface area contributed by atoms with Gasteiger partial charge in [-0.3, -0.25) is 5.43 Å². The van der Waals surface area contributed by atoms with Crippen LogP contribution in [-0.2, 0) is 0 Å². The summed E-state index contributed by atoms with van der Waals surface area (Å²) < 4.78 is 1.01. The molecule has 0 amide bonds. The van der Waals surface area contributed by atoms with Gasteiger partial charge in [-0.05, 0) is 36.8 Å². The first-order valence-corrected chi connectivity index (χ1v) is 8.80. The van der Waals surface area contributed by atoms with Gasteiger partial charge < -0.3 is 0 Å². The van der Waals surface area contributed by atoms with Gasteiger partial charge in [0.1, 0.15) is 0 Å². The van der Waals surface area contributed by atoms with E-state index >= 15 is 0 Å². The number of rotatable bonds is 5. The van der Waals surface area contributed by atoms with Gasteiger partial charge >= 0.3 is 0 Å². The van der Waals surface area contributed by atoms with Crippen LogP contribution >= 0.6 is 27.3 Å². The second-order valence-corrected chi connectivity index (χ2v) is 6.76. The summed E-state index contributed by atoms with van der Waals surface area (Å²) in [5, 5.41) is 14.1. The molecule has 1 N–H and O–H groups in total. The number of nitrogens with zero attached hydrogens (tertiary/aromatic N) is 4. The minimum Gasteiger partial charge on any atom is -0.253 e. The fourth-order valence-corrected chi connectivity index (χ4v) is 2.84. The number of aryl methyl sites for hydroxylation is 1. The van der Waals surface area contributed by atoms with Gasteiger partial charge in [-0.25, -0.2) is 4.98 Å². The third-order valence-corrected chi connectivity index (χ3v) is 4.50. The van der Waals surface area contributed by atoms with Crippen molar-refractivity contribution in [3.63, 3.8) is 0 Å². The largest absolute Gasteiger partial charge is 0.253 e. The van der Waals surface area contributed by atoms with Crippen molar-refractivity contribution in [2.75, 3.05) is 5.43 Å². The van der Waals surface area contributed by atoms with E-state index in [1.807, 2.05) is 61.5 Å². The van der Waals surface area contributed by atoms with Crippen LogP contribution in [0.4, 0.5) is 15.8 Å². The van der Waals surface area contributed by atoms with Crippen molar-refractivity contribution in [2.24, 2.45) is 15.3 Å². The van der Waals surface area contributed by atoms with Crippen molar-refractivity contribution in [3.8, 4) is 0 Å². The van der Waals surface area contributed by atoms with E-state index in [1.165, 1.54) is 11.3 Å². The highest BCUT2D eigenvalue weighted by Crippen LogP contribution is 2.32. The standard InChI is InChI=1S/C17H14BrN5S/c1-12-16(22-21-15-9-7-14(18)8-10-15)24-17(20-12)23-19-11-13-5-3-2-4-6-13/h2-11H,1H3,(H,20,23)/b19-11+,22-21?. The first-order chi connectivity index (χ1) is 11.7. The zero-order valence-electron chi connectivity index (χ0n) is 12.8. The smallest absolute Gasteiger partial charge is 0.205 e. The van der Waals surface area contributed by atoms with Crippen molar-refractivity contribution in [1.29, 1.82) is 0 Å². The van der Waals surface area contributed by atoms with Crippen LogP contribution in [0.25, 0.3) is 0 Å². The predicted molar refractivity (Wildman–Crippen MR) is 103 cm³/mol. The quantitative estimate of drug-likeness (QED) is 0.321. The topological polar surface area (TPSA) is 62.0 Å². The molecule has 7 heteroatoms. The lowest BCUT2D eigenvalue weighted by Gasteiger charge is -1.93. The highest BCUT2D eigenvalue weighted by atomic mass is 79.9. The first kappa shape index (κ1) is 16.5. The van der Waals surface area contributed by atoms with Crippen molar-refractivity contribution in [1.82, 2.24) is 4.98 Å². The van der Waals surface area contributed by atoms with E-state index in [-0.39, 0.29) is 0 Å². The molecule has 3 rings (SSSR count). The maximum absolute atomic E-state index is 4.40. The molecule has 0 atom stereocenters. The highest BCUT2D eigenvalue weighted by molar-refractivity contribution is 9.10. The number of hydrogen-bond donors (Lipinski definition) is 1. The first-order valence-electron chi connectivity index (χ1n) is 7.19. The number of nitrogens with one attached hydrogen (secondary N) is 1. The molecule has 3 aromatic rings. The zero-order valence-corrected chi connectivity index (χ0v) is 15.3. The van der Waals surface area contributed by atoms with Gasteiger partial charge in [-0.15, -0.1) is 10.2 Å². The monoisotopic (exact) mass is 399 g/mol. The Balaban J connectivity index is 1.66. The summed E-state index contributed by atoms with van der Waals surface area (Å²) in [4.78, 5) is 4.40. The molecule has 0 aliphatic rings. The summed E-state index contributed by atoms with van der Waals surface area (Å²) in [6.45, 7) is 1.90. The molecule has 0 spiro atoms. The predicted octanol–water partition coefficient (Wildman–Crippen LogP) is 6.08. The number of aromatic nitrogens is 1. The van der Waals surface area contributed by atoms with Gasteiger partial charge in [0.25, 0.3) is 0 Å². The van der Waals surface area contributed by atoms with E-state index in [0.717, 1.165) is 26.4 Å². The van der Waals surface area contributed by atoms with Gasteiger partial charge in [-0.2, -0.15) is 5.10 Å². The molecule has 1 heterocycles. The molecule has 0 radical (unpaired) electrons. The van der Waals surface area contributed by atoms with Gasteiger partial charge in [0.05, 0.1) is 17.6 Å². The molecule has 0 fully saturated rings. The Morgan fingerprint density at radius 1 is 1.04 bits per heavy atom. The average Bonchev–Trinajstić information content (AvgIpc) is 2.95. The van der Waals surface area contributed by atoms with Gasteiger partial charge in [0, 0.05) is 4.47 Å². The lowest BCUT2D eigenvalue weighted by atomic mass is 10.2. The van der Waals surface area contributed by atoms with Crippen LogP contribution in [0.15, 0.2) is 74.4 Å². The normalized spacial score (nSPS) is 11.4. The van der Waals surface area contributed by atoms with Crippen LogP contribution in [0.2, 0.25) is 0 Å². The molecule has 0 unspecified atom stereocenters. The number of thiazole rings is 1. The minimum atomic E-state index is 0.685. The van der Waals surface area contributed by atoms with E-state index < -0.39 is 0 Å².